The van der Waals surface area contributed by atoms with E-state index < -0.39 is 5.97 Å². The lowest BCUT2D eigenvalue weighted by Gasteiger charge is -2.08. The largest absolute Gasteiger partial charge is 0.461 e. The second-order valence-corrected chi connectivity index (χ2v) is 5.08. The molecule has 0 spiro atoms. The minimum atomic E-state index is -0.504. The zero-order valence-electron chi connectivity index (χ0n) is 11.9. The number of rotatable bonds is 5. The van der Waals surface area contributed by atoms with Crippen molar-refractivity contribution in [1.29, 1.82) is 0 Å². The van der Waals surface area contributed by atoms with Crippen LogP contribution in [0.3, 0.4) is 0 Å². The van der Waals surface area contributed by atoms with Crippen molar-refractivity contribution >= 4 is 28.9 Å². The predicted octanol–water partition coefficient (Wildman–Crippen LogP) is 3.13. The van der Waals surface area contributed by atoms with Crippen molar-refractivity contribution in [3.63, 3.8) is 0 Å². The number of aryl methyl sites for hydroxylation is 1. The average Bonchev–Trinajstić information content (AvgIpc) is 2.98. The van der Waals surface area contributed by atoms with Crippen LogP contribution in [0.15, 0.2) is 29.6 Å². The summed E-state index contributed by atoms with van der Waals surface area (Å²) in [5.41, 5.74) is 2.02. The first kappa shape index (κ1) is 15.2. The summed E-state index contributed by atoms with van der Waals surface area (Å²) in [6.07, 6.45) is 0.821. The molecule has 0 aliphatic carbocycles. The summed E-state index contributed by atoms with van der Waals surface area (Å²) in [6.45, 7) is 4.03. The molecule has 110 valence electrons. The number of anilines is 1. The minimum Gasteiger partial charge on any atom is -0.461 e. The third kappa shape index (κ3) is 3.66. The predicted molar refractivity (Wildman–Crippen MR) is 81.8 cm³/mol. The van der Waals surface area contributed by atoms with Gasteiger partial charge in [0.15, 0.2) is 0 Å². The molecule has 0 saturated carbocycles. The van der Waals surface area contributed by atoms with Gasteiger partial charge in [-0.3, -0.25) is 4.79 Å². The van der Waals surface area contributed by atoms with E-state index in [9.17, 15) is 9.59 Å². The molecule has 0 aliphatic heterocycles. The Bertz CT molecular complexity index is 652. The van der Waals surface area contributed by atoms with Crippen LogP contribution in [-0.4, -0.2) is 23.5 Å². The molecule has 0 atom stereocenters. The van der Waals surface area contributed by atoms with Crippen molar-refractivity contribution in [1.82, 2.24) is 4.98 Å². The van der Waals surface area contributed by atoms with Gasteiger partial charge in [-0.2, -0.15) is 0 Å². The number of aromatic nitrogens is 1. The molecule has 2 rings (SSSR count). The molecule has 6 heteroatoms. The van der Waals surface area contributed by atoms with E-state index in [-0.39, 0.29) is 23.2 Å². The average molecular weight is 304 g/mol. The van der Waals surface area contributed by atoms with E-state index in [1.807, 2.05) is 31.2 Å². The van der Waals surface area contributed by atoms with E-state index in [1.165, 1.54) is 0 Å². The number of para-hydroxylation sites is 1. The highest BCUT2D eigenvalue weighted by atomic mass is 32.1. The fraction of sp³-hybridized carbons (Fsp3) is 0.267. The summed E-state index contributed by atoms with van der Waals surface area (Å²) in [4.78, 5) is 27.7. The third-order valence-corrected chi connectivity index (χ3v) is 3.66. The van der Waals surface area contributed by atoms with Gasteiger partial charge >= 0.3 is 5.97 Å². The Morgan fingerprint density at radius 1 is 1.29 bits per heavy atom. The van der Waals surface area contributed by atoms with E-state index >= 15 is 0 Å². The van der Waals surface area contributed by atoms with Gasteiger partial charge in [0, 0.05) is 11.1 Å². The normalized spacial score (nSPS) is 10.2. The van der Waals surface area contributed by atoms with Crippen LogP contribution < -0.4 is 5.32 Å². The van der Waals surface area contributed by atoms with E-state index in [1.54, 1.807) is 12.3 Å². The summed E-state index contributed by atoms with van der Waals surface area (Å²) in [5, 5.41) is 4.55. The second kappa shape index (κ2) is 6.99. The molecular weight excluding hydrogens is 288 g/mol. The topological polar surface area (TPSA) is 68.3 Å². The van der Waals surface area contributed by atoms with Crippen LogP contribution in [0.25, 0.3) is 0 Å². The molecule has 1 heterocycles. The highest BCUT2D eigenvalue weighted by Crippen LogP contribution is 2.18. The highest BCUT2D eigenvalue weighted by molar-refractivity contribution is 7.11. The Labute approximate surface area is 127 Å². The van der Waals surface area contributed by atoms with Crippen molar-refractivity contribution in [3.05, 3.63) is 45.9 Å². The number of ether oxygens (including phenoxy) is 1. The number of nitrogens with zero attached hydrogens (tertiary/aromatic N) is 1. The smallest absolute Gasteiger partial charge is 0.367 e. The van der Waals surface area contributed by atoms with E-state index in [4.69, 9.17) is 4.74 Å². The van der Waals surface area contributed by atoms with Gasteiger partial charge in [0.25, 0.3) is 5.91 Å². The number of esters is 1. The number of hydrogen-bond acceptors (Lipinski definition) is 5. The van der Waals surface area contributed by atoms with Crippen LogP contribution in [-0.2, 0) is 11.2 Å². The minimum absolute atomic E-state index is 0.186. The third-order valence-electron chi connectivity index (χ3n) is 2.83. The van der Waals surface area contributed by atoms with Gasteiger partial charge in [0.1, 0.15) is 5.69 Å². The van der Waals surface area contributed by atoms with Gasteiger partial charge in [0.2, 0.25) is 5.01 Å². The zero-order valence-corrected chi connectivity index (χ0v) is 12.7. The molecule has 0 bridgehead atoms. The van der Waals surface area contributed by atoms with Crippen molar-refractivity contribution in [2.45, 2.75) is 20.3 Å². The van der Waals surface area contributed by atoms with Crippen LogP contribution in [0.2, 0.25) is 0 Å². The van der Waals surface area contributed by atoms with Crippen LogP contribution in [0.1, 0.15) is 39.7 Å². The Kier molecular flexibility index (Phi) is 5.05. The molecule has 5 nitrogen and oxygen atoms in total. The molecule has 0 radical (unpaired) electrons. The quantitative estimate of drug-likeness (QED) is 0.862. The molecule has 21 heavy (non-hydrogen) atoms. The first-order valence-corrected chi connectivity index (χ1v) is 7.55. The SMILES string of the molecule is CCOC(=O)c1nc(C(=O)Nc2ccccc2CC)cs1. The molecule has 0 aliphatic rings. The van der Waals surface area contributed by atoms with Gasteiger partial charge in [-0.25, -0.2) is 9.78 Å². The van der Waals surface area contributed by atoms with Gasteiger partial charge in [0.05, 0.1) is 6.61 Å². The van der Waals surface area contributed by atoms with Crippen molar-refractivity contribution in [2.24, 2.45) is 0 Å². The molecule has 2 aromatic rings. The first-order valence-electron chi connectivity index (χ1n) is 6.67. The molecule has 1 aromatic heterocycles. The van der Waals surface area contributed by atoms with Crippen LogP contribution >= 0.6 is 11.3 Å². The van der Waals surface area contributed by atoms with Gasteiger partial charge in [-0.05, 0) is 25.0 Å². The fourth-order valence-corrected chi connectivity index (χ4v) is 2.49. The summed E-state index contributed by atoms with van der Waals surface area (Å²) in [6, 6.07) is 7.59. The van der Waals surface area contributed by atoms with Crippen molar-refractivity contribution < 1.29 is 14.3 Å². The number of carbonyl (C=O) groups excluding carboxylic acids is 2. The van der Waals surface area contributed by atoms with Crippen LogP contribution in [0.5, 0.6) is 0 Å². The summed E-state index contributed by atoms with van der Waals surface area (Å²) in [7, 11) is 0. The number of nitrogens with one attached hydrogen (secondary N) is 1. The summed E-state index contributed by atoms with van der Waals surface area (Å²) < 4.78 is 4.85. The maximum atomic E-state index is 12.2. The van der Waals surface area contributed by atoms with E-state index in [0.717, 1.165) is 29.0 Å². The number of carbonyl (C=O) groups is 2. The Hall–Kier alpha value is -2.21. The lowest BCUT2D eigenvalue weighted by atomic mass is 10.1. The number of benzene rings is 1. The summed E-state index contributed by atoms with van der Waals surface area (Å²) in [5.74, 6) is -0.835. The van der Waals surface area contributed by atoms with Gasteiger partial charge in [-0.1, -0.05) is 25.1 Å². The summed E-state index contributed by atoms with van der Waals surface area (Å²) >= 11 is 1.10. The second-order valence-electron chi connectivity index (χ2n) is 4.22. The van der Waals surface area contributed by atoms with Crippen LogP contribution in [0.4, 0.5) is 5.69 Å². The number of amides is 1. The highest BCUT2D eigenvalue weighted by Gasteiger charge is 2.16. The molecule has 1 aromatic carbocycles. The fourth-order valence-electron chi connectivity index (χ4n) is 1.80. The molecular formula is C15H16N2O3S. The molecule has 0 fully saturated rings. The van der Waals surface area contributed by atoms with Gasteiger partial charge in [-0.15, -0.1) is 11.3 Å². The Balaban J connectivity index is 2.12. The van der Waals surface area contributed by atoms with E-state index in [2.05, 4.69) is 10.3 Å². The van der Waals surface area contributed by atoms with Crippen molar-refractivity contribution in [2.75, 3.05) is 11.9 Å². The van der Waals surface area contributed by atoms with Crippen molar-refractivity contribution in [3.8, 4) is 0 Å². The monoisotopic (exact) mass is 304 g/mol. The molecule has 1 N–H and O–H groups in total. The van der Waals surface area contributed by atoms with Crippen LogP contribution in [0, 0.1) is 0 Å². The maximum absolute atomic E-state index is 12.2. The maximum Gasteiger partial charge on any atom is 0.367 e. The molecule has 0 unspecified atom stereocenters. The Morgan fingerprint density at radius 2 is 2.05 bits per heavy atom. The lowest BCUT2D eigenvalue weighted by Crippen LogP contribution is -2.14. The molecule has 1 amide bonds. The Morgan fingerprint density at radius 3 is 2.76 bits per heavy atom. The van der Waals surface area contributed by atoms with Gasteiger partial charge < -0.3 is 10.1 Å². The number of thiazole rings is 1. The molecule has 0 saturated heterocycles. The van der Waals surface area contributed by atoms with E-state index in [0.29, 0.717) is 0 Å². The number of hydrogen-bond donors (Lipinski definition) is 1. The standard InChI is InChI=1S/C15H16N2O3S/c1-3-10-7-5-6-8-11(10)16-13(18)12-9-21-14(17-12)15(19)20-4-2/h5-9H,3-4H2,1-2H3,(H,16,18). The first-order chi connectivity index (χ1) is 10.2. The lowest BCUT2D eigenvalue weighted by molar-refractivity contribution is 0.0526. The zero-order chi connectivity index (χ0) is 15.2.